The second-order valence-electron chi connectivity index (χ2n) is 10.2. The molecule has 194 valence electrons. The number of thioether (sulfide) groups is 1. The Morgan fingerprint density at radius 3 is 2.59 bits per heavy atom. The number of imide groups is 1. The van der Waals surface area contributed by atoms with Crippen LogP contribution in [-0.4, -0.2) is 32.4 Å². The Labute approximate surface area is 222 Å². The van der Waals surface area contributed by atoms with E-state index in [0.29, 0.717) is 25.0 Å². The fourth-order valence-electron chi connectivity index (χ4n) is 5.21. The molecule has 1 saturated carbocycles. The van der Waals surface area contributed by atoms with E-state index in [1.165, 1.54) is 22.2 Å². The maximum absolute atomic E-state index is 12.9. The van der Waals surface area contributed by atoms with E-state index in [1.807, 2.05) is 49.4 Å². The monoisotopic (exact) mass is 518 g/mol. The topological polar surface area (TPSA) is 72.6 Å². The van der Waals surface area contributed by atoms with Crippen LogP contribution in [-0.2, 0) is 22.7 Å². The van der Waals surface area contributed by atoms with E-state index < -0.39 is 0 Å². The van der Waals surface area contributed by atoms with E-state index in [0.717, 1.165) is 61.1 Å². The molecule has 2 aliphatic rings. The molecule has 3 atom stereocenters. The van der Waals surface area contributed by atoms with Gasteiger partial charge in [-0.3, -0.25) is 14.5 Å². The molecule has 37 heavy (non-hydrogen) atoms. The van der Waals surface area contributed by atoms with Crippen LogP contribution in [0.15, 0.2) is 59.0 Å². The molecule has 2 amide bonds. The van der Waals surface area contributed by atoms with Crippen molar-refractivity contribution in [2.45, 2.75) is 76.9 Å². The molecule has 1 aromatic heterocycles. The first-order chi connectivity index (χ1) is 18.0. The summed E-state index contributed by atoms with van der Waals surface area (Å²) in [6.45, 7) is 4.80. The largest absolute Gasteiger partial charge is 0.441 e. The number of hydrogen-bond donors (Lipinski definition) is 0. The second kappa shape index (κ2) is 11.7. The van der Waals surface area contributed by atoms with Gasteiger partial charge < -0.3 is 9.15 Å². The number of aromatic nitrogens is 1. The molecule has 3 aromatic rings. The second-order valence-corrected chi connectivity index (χ2v) is 11.4. The lowest BCUT2D eigenvalue weighted by Crippen LogP contribution is -2.31. The van der Waals surface area contributed by atoms with Gasteiger partial charge in [-0.25, -0.2) is 4.98 Å². The molecule has 7 heteroatoms. The summed E-state index contributed by atoms with van der Waals surface area (Å²) in [5.41, 5.74) is 4.00. The molecule has 6 nitrogen and oxygen atoms in total. The highest BCUT2D eigenvalue weighted by Crippen LogP contribution is 2.36. The normalized spacial score (nSPS) is 22.1. The zero-order chi connectivity index (χ0) is 25.8. The van der Waals surface area contributed by atoms with Crippen molar-refractivity contribution in [3.8, 4) is 11.5 Å². The molecule has 2 fully saturated rings. The highest BCUT2D eigenvalue weighted by Gasteiger charge is 2.39. The molecule has 2 aromatic carbocycles. The van der Waals surface area contributed by atoms with E-state index in [9.17, 15) is 9.59 Å². The van der Waals surface area contributed by atoms with Crippen molar-refractivity contribution < 1.29 is 18.7 Å². The van der Waals surface area contributed by atoms with Crippen LogP contribution in [0.4, 0.5) is 4.79 Å². The van der Waals surface area contributed by atoms with Gasteiger partial charge in [0, 0.05) is 5.56 Å². The summed E-state index contributed by atoms with van der Waals surface area (Å²) in [6, 6.07) is 17.9. The zero-order valence-electron chi connectivity index (χ0n) is 21.5. The van der Waals surface area contributed by atoms with Crippen LogP contribution >= 0.6 is 11.8 Å². The van der Waals surface area contributed by atoms with E-state index in [-0.39, 0.29) is 22.5 Å². The Balaban J connectivity index is 1.10. The van der Waals surface area contributed by atoms with Gasteiger partial charge in [0.25, 0.3) is 5.24 Å². The molecule has 1 aliphatic heterocycles. The van der Waals surface area contributed by atoms with Gasteiger partial charge in [0.2, 0.25) is 11.8 Å². The highest BCUT2D eigenvalue weighted by molar-refractivity contribution is 8.15. The zero-order valence-corrected chi connectivity index (χ0v) is 22.3. The summed E-state index contributed by atoms with van der Waals surface area (Å²) >= 11 is 1.19. The molecule has 1 saturated heterocycles. The van der Waals surface area contributed by atoms with Crippen molar-refractivity contribution in [3.63, 3.8) is 0 Å². The number of carbonyl (C=O) groups is 2. The number of amides is 2. The number of oxazole rings is 1. The van der Waals surface area contributed by atoms with Crippen LogP contribution in [0.3, 0.4) is 0 Å². The lowest BCUT2D eigenvalue weighted by Gasteiger charge is -2.29. The number of nitrogens with zero attached hydrogens (tertiary/aromatic N) is 2. The summed E-state index contributed by atoms with van der Waals surface area (Å²) < 4.78 is 12.2. The molecule has 0 bridgehead atoms. The van der Waals surface area contributed by atoms with Gasteiger partial charge in [-0.1, -0.05) is 72.6 Å². The number of carbonyl (C=O) groups excluding carboxylic acids is 2. The average Bonchev–Trinajstić information content (AvgIpc) is 3.41. The van der Waals surface area contributed by atoms with E-state index in [2.05, 4.69) is 24.0 Å². The molecule has 0 radical (unpaired) electrons. The van der Waals surface area contributed by atoms with E-state index in [1.54, 1.807) is 0 Å². The van der Waals surface area contributed by atoms with Crippen molar-refractivity contribution in [2.24, 2.45) is 5.92 Å². The highest BCUT2D eigenvalue weighted by atomic mass is 32.2. The van der Waals surface area contributed by atoms with Crippen molar-refractivity contribution >= 4 is 22.9 Å². The minimum Gasteiger partial charge on any atom is -0.441 e. The van der Waals surface area contributed by atoms with Gasteiger partial charge in [-0.05, 0) is 63.1 Å². The van der Waals surface area contributed by atoms with Crippen LogP contribution in [0.25, 0.3) is 11.5 Å². The SMILES string of the molecule is Cc1ccc(-c2nc(COC3CCCC(CCC4SC(=O)N(Cc5ccccc5)C4=O)C3)c(C)o2)cc1. The average molecular weight is 519 g/mol. The van der Waals surface area contributed by atoms with Crippen molar-refractivity contribution in [1.82, 2.24) is 9.88 Å². The molecular formula is C30H34N2O4S. The first-order valence-corrected chi connectivity index (χ1v) is 14.0. The summed E-state index contributed by atoms with van der Waals surface area (Å²) in [4.78, 5) is 31.5. The fraction of sp³-hybridized carbons (Fsp3) is 0.433. The van der Waals surface area contributed by atoms with Crippen LogP contribution in [0.5, 0.6) is 0 Å². The lowest BCUT2D eigenvalue weighted by molar-refractivity contribution is -0.127. The molecule has 3 unspecified atom stereocenters. The maximum Gasteiger partial charge on any atom is 0.289 e. The number of aryl methyl sites for hydroxylation is 2. The quantitative estimate of drug-likeness (QED) is 0.301. The maximum atomic E-state index is 12.9. The summed E-state index contributed by atoms with van der Waals surface area (Å²) in [5.74, 6) is 1.89. The Hall–Kier alpha value is -2.90. The molecule has 1 aliphatic carbocycles. The van der Waals surface area contributed by atoms with Gasteiger partial charge in [0.05, 0.1) is 24.5 Å². The standard InChI is InChI=1S/C30H34N2O4S/c1-20-11-14-24(15-12-20)28-31-26(21(2)36-28)19-35-25-10-6-9-22(17-25)13-16-27-29(33)32(30(34)37-27)18-23-7-4-3-5-8-23/h3-5,7-8,11-12,14-15,22,25,27H,6,9-10,13,16-19H2,1-2H3. The van der Waals surface area contributed by atoms with Gasteiger partial charge in [-0.2, -0.15) is 0 Å². The minimum absolute atomic E-state index is 0.0478. The molecule has 2 heterocycles. The summed E-state index contributed by atoms with van der Waals surface area (Å²) in [7, 11) is 0. The number of benzene rings is 2. The predicted molar refractivity (Wildman–Crippen MR) is 145 cm³/mol. The van der Waals surface area contributed by atoms with Crippen molar-refractivity contribution in [3.05, 3.63) is 77.2 Å². The third-order valence-electron chi connectivity index (χ3n) is 7.41. The summed E-state index contributed by atoms with van der Waals surface area (Å²) in [6.07, 6.45) is 6.14. The molecule has 5 rings (SSSR count). The van der Waals surface area contributed by atoms with Crippen molar-refractivity contribution in [2.75, 3.05) is 0 Å². The Kier molecular flexibility index (Phi) is 8.11. The van der Waals surface area contributed by atoms with E-state index in [4.69, 9.17) is 9.15 Å². The van der Waals surface area contributed by atoms with Crippen LogP contribution < -0.4 is 0 Å². The van der Waals surface area contributed by atoms with Gasteiger partial charge >= 0.3 is 0 Å². The smallest absolute Gasteiger partial charge is 0.289 e. The number of hydrogen-bond acceptors (Lipinski definition) is 6. The van der Waals surface area contributed by atoms with Gasteiger partial charge in [0.1, 0.15) is 11.5 Å². The first-order valence-electron chi connectivity index (χ1n) is 13.2. The van der Waals surface area contributed by atoms with Crippen LogP contribution in [0.2, 0.25) is 0 Å². The van der Waals surface area contributed by atoms with Gasteiger partial charge in [0.15, 0.2) is 0 Å². The number of rotatable bonds is 9. The molecular weight excluding hydrogens is 484 g/mol. The molecule has 0 spiro atoms. The Morgan fingerprint density at radius 1 is 1.03 bits per heavy atom. The first kappa shape index (κ1) is 25.7. The third kappa shape index (κ3) is 6.33. The number of ether oxygens (including phenoxy) is 1. The predicted octanol–water partition coefficient (Wildman–Crippen LogP) is 7.08. The third-order valence-corrected chi connectivity index (χ3v) is 8.55. The Bertz CT molecular complexity index is 1220. The van der Waals surface area contributed by atoms with E-state index >= 15 is 0 Å². The lowest BCUT2D eigenvalue weighted by atomic mass is 9.84. The molecule has 0 N–H and O–H groups in total. The Morgan fingerprint density at radius 2 is 1.81 bits per heavy atom. The minimum atomic E-state index is -0.268. The fourth-order valence-corrected chi connectivity index (χ4v) is 6.22. The summed E-state index contributed by atoms with van der Waals surface area (Å²) in [5, 5.41) is -0.396. The van der Waals surface area contributed by atoms with Crippen LogP contribution in [0, 0.1) is 19.8 Å². The van der Waals surface area contributed by atoms with Crippen LogP contribution in [0.1, 0.15) is 61.1 Å². The van der Waals surface area contributed by atoms with Gasteiger partial charge in [-0.15, -0.1) is 0 Å². The van der Waals surface area contributed by atoms with Crippen molar-refractivity contribution in [1.29, 1.82) is 0 Å².